The number of carbonyl (C=O) groups is 1. The Hall–Kier alpha value is -2.10. The molecular formula is C17H20N2O2. The van der Waals surface area contributed by atoms with Crippen LogP contribution in [0.3, 0.4) is 0 Å². The van der Waals surface area contributed by atoms with Crippen LogP contribution in [0.1, 0.15) is 46.6 Å². The van der Waals surface area contributed by atoms with E-state index >= 15 is 0 Å². The number of benzene rings is 1. The molecule has 1 aliphatic rings. The van der Waals surface area contributed by atoms with Crippen LogP contribution in [0.4, 0.5) is 5.69 Å². The van der Waals surface area contributed by atoms with E-state index in [1.807, 2.05) is 32.0 Å². The molecule has 3 rings (SSSR count). The van der Waals surface area contributed by atoms with Crippen molar-refractivity contribution in [2.75, 3.05) is 11.4 Å². The standard InChI is InChI=1S/C17H20N2O2/c1-11-13(3)21-17(18-11)10-19-8-4-5-15-9-14(12(2)20)6-7-16(15)19/h6-7,9H,4-5,8,10H2,1-3H3. The Kier molecular flexibility index (Phi) is 3.53. The summed E-state index contributed by atoms with van der Waals surface area (Å²) in [6.07, 6.45) is 2.11. The molecule has 0 aliphatic carbocycles. The third kappa shape index (κ3) is 2.71. The largest absolute Gasteiger partial charge is 0.444 e. The molecule has 0 saturated carbocycles. The van der Waals surface area contributed by atoms with Crippen LogP contribution >= 0.6 is 0 Å². The molecule has 0 atom stereocenters. The lowest BCUT2D eigenvalue weighted by Gasteiger charge is -2.30. The highest BCUT2D eigenvalue weighted by molar-refractivity contribution is 5.94. The molecule has 2 heterocycles. The zero-order valence-corrected chi connectivity index (χ0v) is 12.8. The van der Waals surface area contributed by atoms with Crippen molar-refractivity contribution in [1.29, 1.82) is 0 Å². The first-order valence-electron chi connectivity index (χ1n) is 7.36. The Morgan fingerprint density at radius 2 is 2.19 bits per heavy atom. The van der Waals surface area contributed by atoms with Crippen molar-refractivity contribution in [2.45, 2.75) is 40.2 Å². The number of aromatic nitrogens is 1. The van der Waals surface area contributed by atoms with Gasteiger partial charge in [-0.3, -0.25) is 4.79 Å². The van der Waals surface area contributed by atoms with Gasteiger partial charge in [0.2, 0.25) is 5.89 Å². The second-order valence-corrected chi connectivity index (χ2v) is 5.67. The summed E-state index contributed by atoms with van der Waals surface area (Å²) in [5.74, 6) is 1.76. The molecule has 0 N–H and O–H groups in total. The topological polar surface area (TPSA) is 46.3 Å². The number of anilines is 1. The summed E-state index contributed by atoms with van der Waals surface area (Å²) in [6, 6.07) is 5.98. The monoisotopic (exact) mass is 284 g/mol. The minimum atomic E-state index is 0.119. The summed E-state index contributed by atoms with van der Waals surface area (Å²) in [4.78, 5) is 18.3. The number of rotatable bonds is 3. The van der Waals surface area contributed by atoms with Crippen molar-refractivity contribution < 1.29 is 9.21 Å². The quantitative estimate of drug-likeness (QED) is 0.810. The van der Waals surface area contributed by atoms with Gasteiger partial charge in [0.15, 0.2) is 5.78 Å². The number of aryl methyl sites for hydroxylation is 3. The van der Waals surface area contributed by atoms with Crippen LogP contribution in [-0.4, -0.2) is 17.3 Å². The second-order valence-electron chi connectivity index (χ2n) is 5.67. The van der Waals surface area contributed by atoms with Gasteiger partial charge < -0.3 is 9.32 Å². The average Bonchev–Trinajstić information content (AvgIpc) is 2.77. The van der Waals surface area contributed by atoms with Crippen LogP contribution in [-0.2, 0) is 13.0 Å². The SMILES string of the molecule is CC(=O)c1ccc2c(c1)CCCN2Cc1nc(C)c(C)o1. The molecule has 1 aromatic carbocycles. The third-order valence-electron chi connectivity index (χ3n) is 4.10. The summed E-state index contributed by atoms with van der Waals surface area (Å²) >= 11 is 0. The molecule has 110 valence electrons. The van der Waals surface area contributed by atoms with Gasteiger partial charge in [0.25, 0.3) is 0 Å². The Morgan fingerprint density at radius 3 is 2.86 bits per heavy atom. The van der Waals surface area contributed by atoms with Crippen molar-refractivity contribution in [3.05, 3.63) is 46.7 Å². The molecule has 4 heteroatoms. The van der Waals surface area contributed by atoms with Gasteiger partial charge in [0, 0.05) is 17.8 Å². The maximum atomic E-state index is 11.5. The fourth-order valence-corrected chi connectivity index (χ4v) is 2.83. The zero-order valence-electron chi connectivity index (χ0n) is 12.8. The van der Waals surface area contributed by atoms with Crippen LogP contribution in [0.5, 0.6) is 0 Å². The van der Waals surface area contributed by atoms with E-state index in [1.54, 1.807) is 6.92 Å². The number of oxazole rings is 1. The van der Waals surface area contributed by atoms with E-state index in [-0.39, 0.29) is 5.78 Å². The Labute approximate surface area is 124 Å². The van der Waals surface area contributed by atoms with E-state index in [9.17, 15) is 4.79 Å². The van der Waals surface area contributed by atoms with Crippen LogP contribution in [0.2, 0.25) is 0 Å². The number of nitrogens with zero attached hydrogens (tertiary/aromatic N) is 2. The van der Waals surface area contributed by atoms with E-state index in [0.717, 1.165) is 42.3 Å². The minimum Gasteiger partial charge on any atom is -0.444 e. The molecule has 0 bridgehead atoms. The molecular weight excluding hydrogens is 264 g/mol. The molecule has 0 radical (unpaired) electrons. The van der Waals surface area contributed by atoms with Gasteiger partial charge in [-0.15, -0.1) is 0 Å². The maximum absolute atomic E-state index is 11.5. The summed E-state index contributed by atoms with van der Waals surface area (Å²) < 4.78 is 5.69. The van der Waals surface area contributed by atoms with Gasteiger partial charge in [-0.25, -0.2) is 4.98 Å². The first-order chi connectivity index (χ1) is 10.0. The van der Waals surface area contributed by atoms with Crippen LogP contribution < -0.4 is 4.90 Å². The molecule has 1 aliphatic heterocycles. The summed E-state index contributed by atoms with van der Waals surface area (Å²) in [7, 11) is 0. The number of hydrogen-bond acceptors (Lipinski definition) is 4. The number of carbonyl (C=O) groups excluding carboxylic acids is 1. The van der Waals surface area contributed by atoms with E-state index in [0.29, 0.717) is 6.54 Å². The Balaban J connectivity index is 1.88. The molecule has 0 amide bonds. The number of Topliss-reactive ketones (excluding diaryl/α,β-unsaturated/α-hetero) is 1. The minimum absolute atomic E-state index is 0.119. The zero-order chi connectivity index (χ0) is 15.0. The predicted molar refractivity (Wildman–Crippen MR) is 81.8 cm³/mol. The first kappa shape index (κ1) is 13.9. The predicted octanol–water partition coefficient (Wildman–Crippen LogP) is 3.45. The number of ketones is 1. The van der Waals surface area contributed by atoms with Gasteiger partial charge >= 0.3 is 0 Å². The lowest BCUT2D eigenvalue weighted by atomic mass is 9.98. The summed E-state index contributed by atoms with van der Waals surface area (Å²) in [5, 5.41) is 0. The van der Waals surface area contributed by atoms with Crippen LogP contribution in [0, 0.1) is 13.8 Å². The number of fused-ring (bicyclic) bond motifs is 1. The van der Waals surface area contributed by atoms with Crippen molar-refractivity contribution in [2.24, 2.45) is 0 Å². The average molecular weight is 284 g/mol. The lowest BCUT2D eigenvalue weighted by Crippen LogP contribution is -2.29. The van der Waals surface area contributed by atoms with Crippen LogP contribution in [0.25, 0.3) is 0 Å². The fourth-order valence-electron chi connectivity index (χ4n) is 2.83. The van der Waals surface area contributed by atoms with E-state index in [1.165, 1.54) is 11.3 Å². The van der Waals surface area contributed by atoms with E-state index in [4.69, 9.17) is 4.42 Å². The summed E-state index contributed by atoms with van der Waals surface area (Å²) in [5.41, 5.74) is 4.18. The van der Waals surface area contributed by atoms with Crippen molar-refractivity contribution >= 4 is 11.5 Å². The molecule has 1 aromatic heterocycles. The molecule has 0 unspecified atom stereocenters. The highest BCUT2D eigenvalue weighted by atomic mass is 16.4. The van der Waals surface area contributed by atoms with Gasteiger partial charge in [0.1, 0.15) is 5.76 Å². The third-order valence-corrected chi connectivity index (χ3v) is 4.10. The molecule has 0 saturated heterocycles. The van der Waals surface area contributed by atoms with Gasteiger partial charge in [0.05, 0.1) is 12.2 Å². The number of hydrogen-bond donors (Lipinski definition) is 0. The molecule has 4 nitrogen and oxygen atoms in total. The van der Waals surface area contributed by atoms with Gasteiger partial charge in [-0.2, -0.15) is 0 Å². The van der Waals surface area contributed by atoms with E-state index < -0.39 is 0 Å². The highest BCUT2D eigenvalue weighted by Gasteiger charge is 2.20. The molecule has 0 spiro atoms. The van der Waals surface area contributed by atoms with Crippen molar-refractivity contribution in [3.63, 3.8) is 0 Å². The maximum Gasteiger partial charge on any atom is 0.214 e. The smallest absolute Gasteiger partial charge is 0.214 e. The van der Waals surface area contributed by atoms with Gasteiger partial charge in [-0.05, 0) is 57.4 Å². The normalized spacial score (nSPS) is 14.1. The Bertz CT molecular complexity index is 669. The molecule has 0 fully saturated rings. The molecule has 21 heavy (non-hydrogen) atoms. The molecule has 2 aromatic rings. The lowest BCUT2D eigenvalue weighted by molar-refractivity contribution is 0.101. The van der Waals surface area contributed by atoms with E-state index in [2.05, 4.69) is 9.88 Å². The Morgan fingerprint density at radius 1 is 1.38 bits per heavy atom. The summed E-state index contributed by atoms with van der Waals surface area (Å²) in [6.45, 7) is 7.19. The highest BCUT2D eigenvalue weighted by Crippen LogP contribution is 2.29. The fraction of sp³-hybridized carbons (Fsp3) is 0.412. The van der Waals surface area contributed by atoms with Crippen LogP contribution in [0.15, 0.2) is 22.6 Å². The second kappa shape index (κ2) is 5.35. The van der Waals surface area contributed by atoms with Crippen molar-refractivity contribution in [3.8, 4) is 0 Å². The first-order valence-corrected chi connectivity index (χ1v) is 7.36. The van der Waals surface area contributed by atoms with Crippen molar-refractivity contribution in [1.82, 2.24) is 4.98 Å². The van der Waals surface area contributed by atoms with Gasteiger partial charge in [-0.1, -0.05) is 0 Å².